The molecular weight excluding hydrogens is 222 g/mol. The fraction of sp³-hybridized carbons (Fsp3) is 0.375. The number of nitrogens with zero attached hydrogens (tertiary/aromatic N) is 1. The summed E-state index contributed by atoms with van der Waals surface area (Å²) in [4.78, 5) is 2.22. The molecule has 1 N–H and O–H groups in total. The number of hydrogen-bond acceptors (Lipinski definition) is 2. The molecule has 0 amide bonds. The van der Waals surface area contributed by atoms with Crippen LogP contribution in [0.4, 0.5) is 0 Å². The van der Waals surface area contributed by atoms with Gasteiger partial charge in [-0.2, -0.15) is 0 Å². The van der Waals surface area contributed by atoms with Gasteiger partial charge in [0.1, 0.15) is 0 Å². The standard InChI is InChI=1S/C16H21NO/c1-17(2)16(8-5-11-18)15-10-9-13-6-3-4-7-14(13)12-15/h3-4,6-7,9-10,12,16,18H,5,8,11H2,1-2H3. The number of aliphatic hydroxyl groups excluding tert-OH is 1. The maximum Gasteiger partial charge on any atom is 0.0431 e. The maximum atomic E-state index is 9.00. The molecule has 0 fully saturated rings. The van der Waals surface area contributed by atoms with E-state index in [1.165, 1.54) is 16.3 Å². The number of benzene rings is 2. The zero-order valence-electron chi connectivity index (χ0n) is 11.1. The molecule has 0 spiro atoms. The van der Waals surface area contributed by atoms with Crippen LogP contribution in [0, 0.1) is 0 Å². The van der Waals surface area contributed by atoms with Crippen molar-refractivity contribution in [3.63, 3.8) is 0 Å². The van der Waals surface area contributed by atoms with Gasteiger partial charge in [0.05, 0.1) is 0 Å². The van der Waals surface area contributed by atoms with Crippen molar-refractivity contribution in [2.45, 2.75) is 18.9 Å². The van der Waals surface area contributed by atoms with Gasteiger partial charge >= 0.3 is 0 Å². The number of hydrogen-bond donors (Lipinski definition) is 1. The van der Waals surface area contributed by atoms with Gasteiger partial charge in [0, 0.05) is 12.6 Å². The Kier molecular flexibility index (Phi) is 4.34. The van der Waals surface area contributed by atoms with Gasteiger partial charge in [-0.3, -0.25) is 0 Å². The Balaban J connectivity index is 2.32. The molecule has 2 rings (SSSR count). The van der Waals surface area contributed by atoms with E-state index >= 15 is 0 Å². The largest absolute Gasteiger partial charge is 0.396 e. The average Bonchev–Trinajstić information content (AvgIpc) is 2.38. The van der Waals surface area contributed by atoms with Crippen molar-refractivity contribution in [1.29, 1.82) is 0 Å². The van der Waals surface area contributed by atoms with E-state index < -0.39 is 0 Å². The molecule has 0 bridgehead atoms. The second kappa shape index (κ2) is 5.98. The first kappa shape index (κ1) is 13.1. The molecule has 0 aromatic heterocycles. The van der Waals surface area contributed by atoms with Crippen LogP contribution in [0.3, 0.4) is 0 Å². The summed E-state index contributed by atoms with van der Waals surface area (Å²) >= 11 is 0. The van der Waals surface area contributed by atoms with Gasteiger partial charge in [-0.1, -0.05) is 36.4 Å². The Morgan fingerprint density at radius 2 is 1.78 bits per heavy atom. The maximum absolute atomic E-state index is 9.00. The van der Waals surface area contributed by atoms with Crippen LogP contribution in [0.25, 0.3) is 10.8 Å². The third-order valence-electron chi connectivity index (χ3n) is 3.42. The van der Waals surface area contributed by atoms with Crippen LogP contribution in [-0.2, 0) is 0 Å². The summed E-state index contributed by atoms with van der Waals surface area (Å²) in [6.07, 6.45) is 1.83. The van der Waals surface area contributed by atoms with Crippen molar-refractivity contribution in [2.24, 2.45) is 0 Å². The first-order valence-electron chi connectivity index (χ1n) is 6.48. The van der Waals surface area contributed by atoms with Crippen LogP contribution < -0.4 is 0 Å². The fourth-order valence-corrected chi connectivity index (χ4v) is 2.42. The molecule has 96 valence electrons. The van der Waals surface area contributed by atoms with Gasteiger partial charge in [0.2, 0.25) is 0 Å². The van der Waals surface area contributed by atoms with Crippen molar-refractivity contribution in [1.82, 2.24) is 4.90 Å². The zero-order valence-corrected chi connectivity index (χ0v) is 11.1. The lowest BCUT2D eigenvalue weighted by Crippen LogP contribution is -2.20. The number of aliphatic hydroxyl groups is 1. The Morgan fingerprint density at radius 1 is 1.06 bits per heavy atom. The number of rotatable bonds is 5. The molecule has 0 heterocycles. The predicted octanol–water partition coefficient (Wildman–Crippen LogP) is 3.22. The van der Waals surface area contributed by atoms with E-state index in [2.05, 4.69) is 61.5 Å². The Bertz CT molecular complexity index is 507. The highest BCUT2D eigenvalue weighted by atomic mass is 16.2. The summed E-state index contributed by atoms with van der Waals surface area (Å²) < 4.78 is 0. The molecule has 0 aliphatic carbocycles. The summed E-state index contributed by atoms with van der Waals surface area (Å²) in [6.45, 7) is 0.262. The third-order valence-corrected chi connectivity index (χ3v) is 3.42. The van der Waals surface area contributed by atoms with Crippen LogP contribution in [0.2, 0.25) is 0 Å². The Hall–Kier alpha value is -1.38. The molecular formula is C16H21NO. The quantitative estimate of drug-likeness (QED) is 0.871. The minimum Gasteiger partial charge on any atom is -0.396 e. The van der Waals surface area contributed by atoms with Gasteiger partial charge in [-0.15, -0.1) is 0 Å². The molecule has 0 aliphatic rings. The lowest BCUT2D eigenvalue weighted by Gasteiger charge is -2.25. The molecule has 1 atom stereocenters. The molecule has 0 saturated carbocycles. The van der Waals surface area contributed by atoms with Gasteiger partial charge in [-0.25, -0.2) is 0 Å². The highest BCUT2D eigenvalue weighted by Gasteiger charge is 2.13. The fourth-order valence-electron chi connectivity index (χ4n) is 2.42. The van der Waals surface area contributed by atoms with Crippen molar-refractivity contribution in [3.05, 3.63) is 48.0 Å². The normalized spacial score (nSPS) is 13.1. The van der Waals surface area contributed by atoms with E-state index in [1.54, 1.807) is 0 Å². The van der Waals surface area contributed by atoms with E-state index in [-0.39, 0.29) is 6.61 Å². The number of fused-ring (bicyclic) bond motifs is 1. The van der Waals surface area contributed by atoms with E-state index in [4.69, 9.17) is 5.11 Å². The van der Waals surface area contributed by atoms with Crippen molar-refractivity contribution in [2.75, 3.05) is 20.7 Å². The summed E-state index contributed by atoms with van der Waals surface area (Å²) in [7, 11) is 4.19. The molecule has 2 aromatic carbocycles. The molecule has 2 aromatic rings. The molecule has 2 heteroatoms. The monoisotopic (exact) mass is 243 g/mol. The van der Waals surface area contributed by atoms with Gasteiger partial charge < -0.3 is 10.0 Å². The summed E-state index contributed by atoms with van der Waals surface area (Å²) in [5.74, 6) is 0. The summed E-state index contributed by atoms with van der Waals surface area (Å²) in [5, 5.41) is 11.6. The topological polar surface area (TPSA) is 23.5 Å². The highest BCUT2D eigenvalue weighted by Crippen LogP contribution is 2.26. The molecule has 0 saturated heterocycles. The lowest BCUT2D eigenvalue weighted by atomic mass is 9.98. The van der Waals surface area contributed by atoms with Crippen LogP contribution >= 0.6 is 0 Å². The third kappa shape index (κ3) is 2.89. The first-order valence-corrected chi connectivity index (χ1v) is 6.48. The second-order valence-electron chi connectivity index (χ2n) is 4.95. The van der Waals surface area contributed by atoms with Crippen molar-refractivity contribution in [3.8, 4) is 0 Å². The zero-order chi connectivity index (χ0) is 13.0. The van der Waals surface area contributed by atoms with Gasteiger partial charge in [-0.05, 0) is 49.3 Å². The second-order valence-corrected chi connectivity index (χ2v) is 4.95. The van der Waals surface area contributed by atoms with Crippen LogP contribution in [0.1, 0.15) is 24.4 Å². The van der Waals surface area contributed by atoms with E-state index in [0.29, 0.717) is 6.04 Å². The van der Waals surface area contributed by atoms with Gasteiger partial charge in [0.25, 0.3) is 0 Å². The molecule has 0 aliphatic heterocycles. The lowest BCUT2D eigenvalue weighted by molar-refractivity contribution is 0.235. The molecule has 18 heavy (non-hydrogen) atoms. The minimum atomic E-state index is 0.262. The Morgan fingerprint density at radius 3 is 2.44 bits per heavy atom. The molecule has 0 radical (unpaired) electrons. The van der Waals surface area contributed by atoms with Crippen LogP contribution in [0.5, 0.6) is 0 Å². The van der Waals surface area contributed by atoms with Gasteiger partial charge in [0.15, 0.2) is 0 Å². The average molecular weight is 243 g/mol. The van der Waals surface area contributed by atoms with Crippen LogP contribution in [-0.4, -0.2) is 30.7 Å². The SMILES string of the molecule is CN(C)C(CCCO)c1ccc2ccccc2c1. The minimum absolute atomic E-state index is 0.262. The smallest absolute Gasteiger partial charge is 0.0431 e. The van der Waals surface area contributed by atoms with E-state index in [1.807, 2.05) is 0 Å². The van der Waals surface area contributed by atoms with Crippen LogP contribution in [0.15, 0.2) is 42.5 Å². The highest BCUT2D eigenvalue weighted by molar-refractivity contribution is 5.83. The molecule has 2 nitrogen and oxygen atoms in total. The van der Waals surface area contributed by atoms with Crippen molar-refractivity contribution >= 4 is 10.8 Å². The van der Waals surface area contributed by atoms with Crippen molar-refractivity contribution < 1.29 is 5.11 Å². The first-order chi connectivity index (χ1) is 8.72. The Labute approximate surface area is 109 Å². The van der Waals surface area contributed by atoms with E-state index in [9.17, 15) is 0 Å². The molecule has 1 unspecified atom stereocenters. The summed E-state index contributed by atoms with van der Waals surface area (Å²) in [5.41, 5.74) is 1.33. The van der Waals surface area contributed by atoms with E-state index in [0.717, 1.165) is 12.8 Å². The predicted molar refractivity (Wildman–Crippen MR) is 76.7 cm³/mol. The summed E-state index contributed by atoms with van der Waals surface area (Å²) in [6, 6.07) is 15.4.